The summed E-state index contributed by atoms with van der Waals surface area (Å²) in [6.45, 7) is 7.49. The number of rotatable bonds is 4. The Balaban J connectivity index is 2.04. The van der Waals surface area contributed by atoms with Crippen LogP contribution >= 0.6 is 0 Å². The lowest BCUT2D eigenvalue weighted by Crippen LogP contribution is -2.19. The van der Waals surface area contributed by atoms with Crippen molar-refractivity contribution < 1.29 is 0 Å². The lowest BCUT2D eigenvalue weighted by Gasteiger charge is -2.16. The van der Waals surface area contributed by atoms with Gasteiger partial charge < -0.3 is 5.32 Å². The van der Waals surface area contributed by atoms with Crippen LogP contribution in [0.1, 0.15) is 35.2 Å². The fourth-order valence-corrected chi connectivity index (χ4v) is 2.24. The third kappa shape index (κ3) is 2.99. The monoisotopic (exact) mass is 239 g/mol. The Morgan fingerprint density at radius 2 is 1.50 bits per heavy atom. The van der Waals surface area contributed by atoms with Gasteiger partial charge in [-0.15, -0.1) is 0 Å². The van der Waals surface area contributed by atoms with E-state index >= 15 is 0 Å². The van der Waals surface area contributed by atoms with Gasteiger partial charge in [0.1, 0.15) is 0 Å². The summed E-state index contributed by atoms with van der Waals surface area (Å²) in [4.78, 5) is 0. The van der Waals surface area contributed by atoms with Gasteiger partial charge in [0.25, 0.3) is 0 Å². The zero-order valence-corrected chi connectivity index (χ0v) is 11.4. The predicted molar refractivity (Wildman–Crippen MR) is 77.6 cm³/mol. The van der Waals surface area contributed by atoms with E-state index in [9.17, 15) is 0 Å². The maximum absolute atomic E-state index is 3.60. The summed E-state index contributed by atoms with van der Waals surface area (Å²) < 4.78 is 0. The molecule has 94 valence electrons. The first kappa shape index (κ1) is 12.8. The van der Waals surface area contributed by atoms with E-state index in [0.29, 0.717) is 6.04 Å². The maximum atomic E-state index is 3.60. The van der Waals surface area contributed by atoms with Crippen LogP contribution in [-0.2, 0) is 6.54 Å². The van der Waals surface area contributed by atoms with Gasteiger partial charge in [-0.25, -0.2) is 0 Å². The van der Waals surface area contributed by atoms with Gasteiger partial charge >= 0.3 is 0 Å². The molecule has 1 atom stereocenters. The van der Waals surface area contributed by atoms with E-state index in [1.165, 1.54) is 22.3 Å². The lowest BCUT2D eigenvalue weighted by atomic mass is 10.0. The van der Waals surface area contributed by atoms with Gasteiger partial charge in [-0.05, 0) is 43.0 Å². The quantitative estimate of drug-likeness (QED) is 0.845. The molecule has 0 amide bonds. The molecule has 1 nitrogen and oxygen atoms in total. The second-order valence-corrected chi connectivity index (χ2v) is 4.88. The van der Waals surface area contributed by atoms with E-state index in [-0.39, 0.29) is 0 Å². The third-order valence-corrected chi connectivity index (χ3v) is 3.53. The Kier molecular flexibility index (Phi) is 4.16. The molecule has 0 radical (unpaired) electrons. The van der Waals surface area contributed by atoms with Gasteiger partial charge in [0.15, 0.2) is 0 Å². The molecule has 1 unspecified atom stereocenters. The first-order valence-electron chi connectivity index (χ1n) is 6.52. The molecular formula is C17H21N. The number of nitrogens with one attached hydrogen (secondary N) is 1. The molecule has 0 aliphatic heterocycles. The smallest absolute Gasteiger partial charge is 0.0294 e. The summed E-state index contributed by atoms with van der Waals surface area (Å²) >= 11 is 0. The number of benzene rings is 2. The topological polar surface area (TPSA) is 12.0 Å². The number of aryl methyl sites for hydroxylation is 2. The Morgan fingerprint density at radius 1 is 0.889 bits per heavy atom. The maximum Gasteiger partial charge on any atom is 0.0294 e. The molecule has 2 aromatic rings. The number of hydrogen-bond acceptors (Lipinski definition) is 1. The summed E-state index contributed by atoms with van der Waals surface area (Å²) in [5.74, 6) is 0. The molecule has 0 spiro atoms. The summed E-state index contributed by atoms with van der Waals surface area (Å²) in [5, 5.41) is 3.60. The highest BCUT2D eigenvalue weighted by atomic mass is 14.9. The minimum absolute atomic E-state index is 0.380. The molecule has 1 N–H and O–H groups in total. The van der Waals surface area contributed by atoms with E-state index in [1.54, 1.807) is 0 Å². The van der Waals surface area contributed by atoms with Gasteiger partial charge in [-0.3, -0.25) is 0 Å². The first-order chi connectivity index (χ1) is 8.68. The SMILES string of the molecule is Cc1cccc(C)c1CNC(C)c1ccccc1. The van der Waals surface area contributed by atoms with Crippen LogP contribution in [0.5, 0.6) is 0 Å². The van der Waals surface area contributed by atoms with E-state index < -0.39 is 0 Å². The fourth-order valence-electron chi connectivity index (χ4n) is 2.24. The largest absolute Gasteiger partial charge is 0.306 e. The van der Waals surface area contributed by atoms with Crippen LogP contribution in [0.15, 0.2) is 48.5 Å². The van der Waals surface area contributed by atoms with Crippen molar-refractivity contribution in [3.63, 3.8) is 0 Å². The number of hydrogen-bond donors (Lipinski definition) is 1. The molecule has 18 heavy (non-hydrogen) atoms. The normalized spacial score (nSPS) is 12.4. The molecule has 0 bridgehead atoms. The molecular weight excluding hydrogens is 218 g/mol. The van der Waals surface area contributed by atoms with Gasteiger partial charge in [-0.2, -0.15) is 0 Å². The van der Waals surface area contributed by atoms with E-state index in [4.69, 9.17) is 0 Å². The Bertz CT molecular complexity index is 482. The van der Waals surface area contributed by atoms with Crippen molar-refractivity contribution in [2.45, 2.75) is 33.4 Å². The van der Waals surface area contributed by atoms with Gasteiger partial charge in [0.05, 0.1) is 0 Å². The Morgan fingerprint density at radius 3 is 2.11 bits per heavy atom. The van der Waals surface area contributed by atoms with Crippen molar-refractivity contribution >= 4 is 0 Å². The van der Waals surface area contributed by atoms with Gasteiger partial charge in [0.2, 0.25) is 0 Å². The minimum atomic E-state index is 0.380. The first-order valence-corrected chi connectivity index (χ1v) is 6.52. The zero-order chi connectivity index (χ0) is 13.0. The minimum Gasteiger partial charge on any atom is -0.306 e. The van der Waals surface area contributed by atoms with Crippen molar-refractivity contribution in [2.75, 3.05) is 0 Å². The summed E-state index contributed by atoms with van der Waals surface area (Å²) in [7, 11) is 0. The third-order valence-electron chi connectivity index (χ3n) is 3.53. The lowest BCUT2D eigenvalue weighted by molar-refractivity contribution is 0.572. The van der Waals surface area contributed by atoms with E-state index in [2.05, 4.69) is 74.6 Å². The Hall–Kier alpha value is -1.60. The van der Waals surface area contributed by atoms with Crippen molar-refractivity contribution in [3.05, 3.63) is 70.8 Å². The zero-order valence-electron chi connectivity index (χ0n) is 11.4. The van der Waals surface area contributed by atoms with Gasteiger partial charge in [0, 0.05) is 12.6 Å². The highest BCUT2D eigenvalue weighted by molar-refractivity contribution is 5.33. The Labute approximate surface area is 110 Å². The van der Waals surface area contributed by atoms with Crippen LogP contribution in [0.25, 0.3) is 0 Å². The molecule has 2 rings (SSSR count). The molecule has 0 saturated carbocycles. The fraction of sp³-hybridized carbons (Fsp3) is 0.294. The standard InChI is InChI=1S/C17H21N/c1-13-8-7-9-14(2)17(13)12-18-15(3)16-10-5-4-6-11-16/h4-11,15,18H,12H2,1-3H3. The van der Waals surface area contributed by atoms with Crippen LogP contribution in [-0.4, -0.2) is 0 Å². The molecule has 0 heterocycles. The molecule has 0 saturated heterocycles. The molecule has 0 fully saturated rings. The summed E-state index contributed by atoms with van der Waals surface area (Å²) in [6.07, 6.45) is 0. The predicted octanol–water partition coefficient (Wildman–Crippen LogP) is 4.15. The van der Waals surface area contributed by atoms with E-state index in [1.807, 2.05) is 0 Å². The highest BCUT2D eigenvalue weighted by Crippen LogP contribution is 2.16. The summed E-state index contributed by atoms with van der Waals surface area (Å²) in [6, 6.07) is 17.4. The van der Waals surface area contributed by atoms with Crippen LogP contribution in [0, 0.1) is 13.8 Å². The molecule has 0 aromatic heterocycles. The molecule has 0 aliphatic rings. The van der Waals surface area contributed by atoms with Crippen molar-refractivity contribution in [1.82, 2.24) is 5.32 Å². The molecule has 0 aliphatic carbocycles. The second-order valence-electron chi connectivity index (χ2n) is 4.88. The van der Waals surface area contributed by atoms with Crippen molar-refractivity contribution in [3.8, 4) is 0 Å². The highest BCUT2D eigenvalue weighted by Gasteiger charge is 2.06. The van der Waals surface area contributed by atoms with Gasteiger partial charge in [-0.1, -0.05) is 48.5 Å². The molecule has 1 heteroatoms. The molecule has 2 aromatic carbocycles. The van der Waals surface area contributed by atoms with Crippen LogP contribution in [0.2, 0.25) is 0 Å². The van der Waals surface area contributed by atoms with Crippen molar-refractivity contribution in [1.29, 1.82) is 0 Å². The van der Waals surface area contributed by atoms with Crippen LogP contribution in [0.3, 0.4) is 0 Å². The average Bonchev–Trinajstić information content (AvgIpc) is 2.39. The van der Waals surface area contributed by atoms with Crippen LogP contribution in [0.4, 0.5) is 0 Å². The average molecular weight is 239 g/mol. The van der Waals surface area contributed by atoms with Crippen molar-refractivity contribution in [2.24, 2.45) is 0 Å². The van der Waals surface area contributed by atoms with E-state index in [0.717, 1.165) is 6.54 Å². The summed E-state index contributed by atoms with van der Waals surface area (Å²) in [5.41, 5.74) is 5.48. The second kappa shape index (κ2) is 5.83. The van der Waals surface area contributed by atoms with Crippen LogP contribution < -0.4 is 5.32 Å².